The van der Waals surface area contributed by atoms with Crippen LogP contribution < -0.4 is 0 Å². The quantitative estimate of drug-likeness (QED) is 0.0529. The highest BCUT2D eigenvalue weighted by Crippen LogP contribution is 2.46. The summed E-state index contributed by atoms with van der Waals surface area (Å²) < 4.78 is 0. The van der Waals surface area contributed by atoms with E-state index >= 15 is 0 Å². The van der Waals surface area contributed by atoms with Crippen LogP contribution in [0.15, 0.2) is 84.9 Å². The minimum Gasteiger partial charge on any atom is -0.243 e. The summed E-state index contributed by atoms with van der Waals surface area (Å²) in [5.41, 5.74) is 32.8. The molecular formula is C78H98N4Si4. The van der Waals surface area contributed by atoms with Crippen LogP contribution in [-0.4, -0.2) is 52.2 Å². The van der Waals surface area contributed by atoms with E-state index in [1.165, 1.54) is 0 Å². The van der Waals surface area contributed by atoms with Gasteiger partial charge < -0.3 is 0 Å². The average molecular weight is 1200 g/mol. The number of rotatable bonds is 12. The van der Waals surface area contributed by atoms with Crippen LogP contribution in [0.5, 0.6) is 0 Å². The summed E-state index contributed by atoms with van der Waals surface area (Å²) in [5.74, 6) is 15.8. The van der Waals surface area contributed by atoms with Crippen molar-refractivity contribution < 1.29 is 0 Å². The van der Waals surface area contributed by atoms with Gasteiger partial charge in [0, 0.05) is 32.3 Å². The molecule has 0 saturated carbocycles. The van der Waals surface area contributed by atoms with Gasteiger partial charge in [-0.1, -0.05) is 251 Å². The van der Waals surface area contributed by atoms with Gasteiger partial charge in [0.2, 0.25) is 0 Å². The second-order valence-electron chi connectivity index (χ2n) is 29.2. The van der Waals surface area contributed by atoms with Gasteiger partial charge in [0.25, 0.3) is 0 Å². The molecular weight excluding hydrogens is 1110 g/mol. The SMILES string of the molecule is CC(C)[Si](C#Cc1c2ccccc2c(C#C[Si](C(C)C)(C(C)C)C(C)C)c2nc3c(ccc4cc5c(ccc6nc7c(C#C[Si](C(C)C)(C(C)C)C(C)C)c8ccccc8c(C#C[Si](C(C)C)(C(C)C)C(C)C)c7nc65)cc43)nc12)(C(C)C)C(C)C. The third-order valence-corrected chi connectivity index (χ3v) is 46.5. The Morgan fingerprint density at radius 2 is 0.453 bits per heavy atom. The maximum Gasteiger partial charge on any atom is 0.146 e. The van der Waals surface area contributed by atoms with Crippen LogP contribution in [-0.2, 0) is 0 Å². The summed E-state index contributed by atoms with van der Waals surface area (Å²) in [6, 6.07) is 31.0. The zero-order valence-electron chi connectivity index (χ0n) is 56.8. The van der Waals surface area contributed by atoms with Gasteiger partial charge in [-0.15, -0.1) is 22.2 Å². The Kier molecular flexibility index (Phi) is 18.3. The highest BCUT2D eigenvalue weighted by Gasteiger charge is 2.45. The fraction of sp³-hybridized carbons (Fsp3) is 0.462. The second kappa shape index (κ2) is 24.5. The molecule has 0 unspecified atom stereocenters. The maximum atomic E-state index is 5.85. The Hall–Kier alpha value is -6.11. The summed E-state index contributed by atoms with van der Waals surface area (Å²) in [4.78, 5) is 23.1. The van der Waals surface area contributed by atoms with Crippen LogP contribution in [0.3, 0.4) is 0 Å². The van der Waals surface area contributed by atoms with E-state index in [1.807, 2.05) is 0 Å². The van der Waals surface area contributed by atoms with Gasteiger partial charge in [-0.05, 0) is 102 Å². The van der Waals surface area contributed by atoms with Crippen molar-refractivity contribution in [2.45, 2.75) is 233 Å². The lowest BCUT2D eigenvalue weighted by Gasteiger charge is -2.38. The zero-order valence-corrected chi connectivity index (χ0v) is 60.8. The number of benzene rings is 7. The van der Waals surface area contributed by atoms with Gasteiger partial charge in [0.05, 0.1) is 44.3 Å². The molecule has 0 atom stereocenters. The number of hydrogen-bond acceptors (Lipinski definition) is 4. The van der Waals surface area contributed by atoms with Crippen LogP contribution in [0.25, 0.3) is 87.2 Å². The molecule has 2 heterocycles. The summed E-state index contributed by atoms with van der Waals surface area (Å²) in [6.45, 7) is 57.4. The van der Waals surface area contributed by atoms with Gasteiger partial charge in [0.15, 0.2) is 0 Å². The van der Waals surface area contributed by atoms with Crippen molar-refractivity contribution in [3.63, 3.8) is 0 Å². The van der Waals surface area contributed by atoms with Crippen LogP contribution in [0.2, 0.25) is 66.5 Å². The Balaban J connectivity index is 1.41. The summed E-state index contributed by atoms with van der Waals surface area (Å²) >= 11 is 0. The average Bonchev–Trinajstić information content (AvgIpc) is 0.778. The highest BCUT2D eigenvalue weighted by molar-refractivity contribution is 6.92. The molecule has 0 radical (unpaired) electrons. The van der Waals surface area contributed by atoms with Crippen LogP contribution in [0.4, 0.5) is 0 Å². The van der Waals surface area contributed by atoms with E-state index in [-0.39, 0.29) is 0 Å². The number of nitrogens with zero attached hydrogens (tertiary/aromatic N) is 4. The largest absolute Gasteiger partial charge is 0.243 e. The minimum atomic E-state index is -2.17. The zero-order chi connectivity index (χ0) is 62.9. The summed E-state index contributed by atoms with van der Waals surface area (Å²) in [6.07, 6.45) is 0. The smallest absolute Gasteiger partial charge is 0.146 e. The normalized spacial score (nSPS) is 13.1. The Bertz CT molecular complexity index is 4030. The van der Waals surface area contributed by atoms with Crippen LogP contribution in [0.1, 0.15) is 188 Å². The molecule has 0 saturated heterocycles. The third-order valence-electron chi connectivity index (χ3n) is 21.4. The predicted molar refractivity (Wildman–Crippen MR) is 389 cm³/mol. The van der Waals surface area contributed by atoms with E-state index in [1.54, 1.807) is 0 Å². The molecule has 4 nitrogen and oxygen atoms in total. The first-order valence-electron chi connectivity index (χ1n) is 32.7. The van der Waals surface area contributed by atoms with Crippen molar-refractivity contribution in [3.05, 3.63) is 107 Å². The minimum absolute atomic E-state index is 0.475. The first-order valence-corrected chi connectivity index (χ1v) is 41.7. The van der Waals surface area contributed by atoms with Crippen molar-refractivity contribution in [1.29, 1.82) is 0 Å². The van der Waals surface area contributed by atoms with E-state index in [0.717, 1.165) is 109 Å². The molecule has 9 aromatic rings. The van der Waals surface area contributed by atoms with Gasteiger partial charge in [-0.3, -0.25) is 0 Å². The monoisotopic (exact) mass is 1200 g/mol. The molecule has 0 fully saturated rings. The topological polar surface area (TPSA) is 51.6 Å². The van der Waals surface area contributed by atoms with E-state index in [9.17, 15) is 0 Å². The molecule has 0 aliphatic rings. The summed E-state index contributed by atoms with van der Waals surface area (Å²) in [5, 5.41) is 8.60. The lowest BCUT2D eigenvalue weighted by atomic mass is 9.96. The van der Waals surface area contributed by atoms with E-state index in [4.69, 9.17) is 19.9 Å². The molecule has 0 amide bonds. The molecule has 446 valence electrons. The molecule has 8 heteroatoms. The van der Waals surface area contributed by atoms with Crippen molar-refractivity contribution in [2.24, 2.45) is 0 Å². The molecule has 0 aliphatic carbocycles. The molecule has 0 bridgehead atoms. The number of fused-ring (bicyclic) bond motifs is 10. The van der Waals surface area contributed by atoms with Crippen LogP contribution in [0, 0.1) is 45.9 Å². The lowest BCUT2D eigenvalue weighted by molar-refractivity contribution is 0.838. The fourth-order valence-corrected chi connectivity index (χ4v) is 38.0. The fourth-order valence-electron chi connectivity index (χ4n) is 17.1. The Labute approximate surface area is 521 Å². The summed E-state index contributed by atoms with van der Waals surface area (Å²) in [7, 11) is -8.63. The molecule has 7 aromatic carbocycles. The molecule has 0 N–H and O–H groups in total. The van der Waals surface area contributed by atoms with Gasteiger partial charge in [-0.2, -0.15) is 0 Å². The van der Waals surface area contributed by atoms with E-state index in [2.05, 4.69) is 297 Å². The maximum absolute atomic E-state index is 5.85. The van der Waals surface area contributed by atoms with Gasteiger partial charge >= 0.3 is 0 Å². The Morgan fingerprint density at radius 3 is 0.663 bits per heavy atom. The number of hydrogen-bond donors (Lipinski definition) is 0. The van der Waals surface area contributed by atoms with Gasteiger partial charge in [0.1, 0.15) is 54.4 Å². The molecule has 9 rings (SSSR count). The van der Waals surface area contributed by atoms with Crippen LogP contribution >= 0.6 is 0 Å². The predicted octanol–water partition coefficient (Wildman–Crippen LogP) is 22.8. The third kappa shape index (κ3) is 10.5. The molecule has 86 heavy (non-hydrogen) atoms. The lowest BCUT2D eigenvalue weighted by Crippen LogP contribution is -2.43. The van der Waals surface area contributed by atoms with Gasteiger partial charge in [-0.25, -0.2) is 19.9 Å². The van der Waals surface area contributed by atoms with E-state index < -0.39 is 32.3 Å². The van der Waals surface area contributed by atoms with E-state index in [0.29, 0.717) is 66.5 Å². The first kappa shape index (κ1) is 64.4. The van der Waals surface area contributed by atoms with Crippen molar-refractivity contribution in [2.75, 3.05) is 0 Å². The number of aromatic nitrogens is 4. The van der Waals surface area contributed by atoms with Crippen molar-refractivity contribution in [3.8, 4) is 45.9 Å². The molecule has 2 aromatic heterocycles. The Morgan fingerprint density at radius 1 is 0.244 bits per heavy atom. The molecule has 0 spiro atoms. The second-order valence-corrected chi connectivity index (χ2v) is 51.5. The first-order chi connectivity index (χ1) is 40.5. The molecule has 0 aliphatic heterocycles. The van der Waals surface area contributed by atoms with Crippen molar-refractivity contribution >= 4 is 120 Å². The van der Waals surface area contributed by atoms with Crippen molar-refractivity contribution in [1.82, 2.24) is 19.9 Å². The standard InChI is InChI=1S/C78H98N4Si4/c1-47(2)83(48(3)4,49(5)6)41-37-65-61-29-25-27-31-63(61)67(39-43-85(53(13)14,54(15)16)55(17)18)77-75(65)79-71-35-33-59-46-70-60(45-69(59)73(71)81-77)34-36-72-74(70)82-78-68(40-44-86(56(19)20,57(21)22)58(23)24)64-32-28-26-30-62(64)66(76(78)80-72)38-42-84(50(7)8,51(9)10)52(11)12/h25-36,45-58H,1-24H3. The highest BCUT2D eigenvalue weighted by atomic mass is 28.3.